The van der Waals surface area contributed by atoms with Crippen molar-refractivity contribution in [1.29, 1.82) is 0 Å². The average Bonchev–Trinajstić information content (AvgIpc) is 3.48. The molecule has 3 aromatic heterocycles. The molecule has 0 aliphatic carbocycles. The second-order valence-electron chi connectivity index (χ2n) is 8.64. The Balaban J connectivity index is 1.85. The Morgan fingerprint density at radius 1 is 1.00 bits per heavy atom. The smallest absolute Gasteiger partial charge is 0.213 e. The lowest BCUT2D eigenvalue weighted by molar-refractivity contribution is 0.170. The van der Waals surface area contributed by atoms with E-state index >= 15 is 0 Å². The molecule has 0 saturated heterocycles. The van der Waals surface area contributed by atoms with Gasteiger partial charge in [-0.25, -0.2) is 13.4 Å². The predicted octanol–water partition coefficient (Wildman–Crippen LogP) is 2.43. The number of hydrogen-bond donors (Lipinski definition) is 1. The number of para-hydroxylation sites is 1. The number of sulfone groups is 1. The largest absolute Gasteiger partial charge is 0.494 e. The Labute approximate surface area is 220 Å². The van der Waals surface area contributed by atoms with Crippen molar-refractivity contribution in [2.45, 2.75) is 31.0 Å². The van der Waals surface area contributed by atoms with Gasteiger partial charge >= 0.3 is 0 Å². The maximum atomic E-state index is 13.6. The van der Waals surface area contributed by atoms with Gasteiger partial charge in [0.15, 0.2) is 21.5 Å². The van der Waals surface area contributed by atoms with Crippen molar-refractivity contribution < 1.29 is 27.7 Å². The first-order chi connectivity index (χ1) is 18.1. The summed E-state index contributed by atoms with van der Waals surface area (Å²) >= 11 is 0. The van der Waals surface area contributed by atoms with Crippen LogP contribution in [0.25, 0.3) is 17.2 Å². The van der Waals surface area contributed by atoms with Gasteiger partial charge in [-0.2, -0.15) is 5.10 Å². The van der Waals surface area contributed by atoms with Crippen LogP contribution in [-0.2, 0) is 22.6 Å². The number of hydrogen-bond acceptors (Lipinski definition) is 10. The molecule has 13 heteroatoms. The van der Waals surface area contributed by atoms with E-state index < -0.39 is 26.9 Å². The summed E-state index contributed by atoms with van der Waals surface area (Å²) < 4.78 is 46.7. The highest BCUT2D eigenvalue weighted by molar-refractivity contribution is 7.91. The minimum Gasteiger partial charge on any atom is -0.494 e. The Morgan fingerprint density at radius 3 is 2.24 bits per heavy atom. The van der Waals surface area contributed by atoms with Crippen molar-refractivity contribution >= 4 is 9.84 Å². The quantitative estimate of drug-likeness (QED) is 0.317. The number of rotatable bonds is 10. The summed E-state index contributed by atoms with van der Waals surface area (Å²) in [6.07, 6.45) is -1.34. The predicted molar refractivity (Wildman–Crippen MR) is 139 cm³/mol. The summed E-state index contributed by atoms with van der Waals surface area (Å²) in [6, 6.07) is 12.0. The molecule has 4 rings (SSSR count). The molecule has 0 bridgehead atoms. The summed E-state index contributed by atoms with van der Waals surface area (Å²) in [7, 11) is 2.24. The second-order valence-corrected chi connectivity index (χ2v) is 11.0. The summed E-state index contributed by atoms with van der Waals surface area (Å²) in [5.74, 6) is 0.970. The van der Waals surface area contributed by atoms with E-state index in [-0.39, 0.29) is 17.3 Å². The molecule has 2 atom stereocenters. The third-order valence-corrected chi connectivity index (χ3v) is 8.35. The van der Waals surface area contributed by atoms with Gasteiger partial charge in [-0.1, -0.05) is 12.1 Å². The van der Waals surface area contributed by atoms with Gasteiger partial charge < -0.3 is 19.3 Å². The zero-order chi connectivity index (χ0) is 27.6. The number of methoxy groups -OCH3 is 3. The fourth-order valence-electron chi connectivity index (χ4n) is 4.00. The van der Waals surface area contributed by atoms with Gasteiger partial charge in [0.1, 0.15) is 34.7 Å². The molecule has 202 valence electrons. The highest BCUT2D eigenvalue weighted by Crippen LogP contribution is 2.37. The Bertz CT molecular complexity index is 1510. The molecule has 0 aliphatic heterocycles. The van der Waals surface area contributed by atoms with Gasteiger partial charge in [0.05, 0.1) is 32.3 Å². The number of ether oxygens (including phenoxy) is 3. The highest BCUT2D eigenvalue weighted by Gasteiger charge is 2.34. The standard InChI is InChI=1S/C25H30N6O6S/c1-15-13-18(29-30(15)3)24(32)16(2)38(33,34)14-21-27-28-25(17-9-7-12-22(26-17)37-6)31(21)23-19(35-4)10-8-11-20(23)36-5/h7-13,16,24,32H,14H2,1-6H3/t16-,24-/m1/s1. The van der Waals surface area contributed by atoms with Crippen LogP contribution in [-0.4, -0.2) is 69.6 Å². The molecule has 1 N–H and O–H groups in total. The fraction of sp³-hybridized carbons (Fsp3) is 0.360. The number of nitrogens with zero attached hydrogens (tertiary/aromatic N) is 6. The summed E-state index contributed by atoms with van der Waals surface area (Å²) in [5, 5.41) is 22.5. The third-order valence-electron chi connectivity index (χ3n) is 6.29. The second kappa shape index (κ2) is 10.8. The van der Waals surface area contributed by atoms with Crippen LogP contribution in [0.1, 0.15) is 30.2 Å². The number of aromatic nitrogens is 6. The maximum absolute atomic E-state index is 13.6. The molecule has 0 radical (unpaired) electrons. The molecule has 12 nitrogen and oxygen atoms in total. The molecule has 0 fully saturated rings. The van der Waals surface area contributed by atoms with E-state index in [4.69, 9.17) is 14.2 Å². The van der Waals surface area contributed by atoms with Crippen LogP contribution in [0.3, 0.4) is 0 Å². The van der Waals surface area contributed by atoms with Crippen LogP contribution in [0.2, 0.25) is 0 Å². The first kappa shape index (κ1) is 27.1. The van der Waals surface area contributed by atoms with Crippen LogP contribution in [0.5, 0.6) is 17.4 Å². The van der Waals surface area contributed by atoms with Crippen molar-refractivity contribution in [2.75, 3.05) is 21.3 Å². The first-order valence-electron chi connectivity index (χ1n) is 11.7. The van der Waals surface area contributed by atoms with Crippen molar-refractivity contribution in [3.63, 3.8) is 0 Å². The van der Waals surface area contributed by atoms with E-state index in [0.717, 1.165) is 5.69 Å². The maximum Gasteiger partial charge on any atom is 0.213 e. The fourth-order valence-corrected chi connectivity index (χ4v) is 5.34. The minimum absolute atomic E-state index is 0.0867. The molecular weight excluding hydrogens is 512 g/mol. The molecular formula is C25H30N6O6S. The van der Waals surface area contributed by atoms with Gasteiger partial charge in [0.25, 0.3) is 0 Å². The molecule has 0 unspecified atom stereocenters. The van der Waals surface area contributed by atoms with Crippen molar-refractivity contribution in [3.8, 4) is 34.6 Å². The van der Waals surface area contributed by atoms with Crippen molar-refractivity contribution in [1.82, 2.24) is 29.5 Å². The van der Waals surface area contributed by atoms with E-state index in [0.29, 0.717) is 28.8 Å². The lowest BCUT2D eigenvalue weighted by atomic mass is 10.2. The lowest BCUT2D eigenvalue weighted by Crippen LogP contribution is -2.28. The first-order valence-corrected chi connectivity index (χ1v) is 13.4. The van der Waals surface area contributed by atoms with Crippen molar-refractivity contribution in [3.05, 3.63) is 59.7 Å². The molecule has 0 spiro atoms. The normalized spacial score (nSPS) is 13.2. The van der Waals surface area contributed by atoms with Crippen LogP contribution < -0.4 is 14.2 Å². The molecule has 4 aromatic rings. The highest BCUT2D eigenvalue weighted by atomic mass is 32.2. The monoisotopic (exact) mass is 542 g/mol. The number of benzene rings is 1. The molecule has 0 saturated carbocycles. The number of pyridine rings is 1. The topological polar surface area (TPSA) is 143 Å². The zero-order valence-electron chi connectivity index (χ0n) is 22.0. The summed E-state index contributed by atoms with van der Waals surface area (Å²) in [5.41, 5.74) is 1.86. The molecule has 38 heavy (non-hydrogen) atoms. The van der Waals surface area contributed by atoms with E-state index in [1.54, 1.807) is 58.8 Å². The van der Waals surface area contributed by atoms with Gasteiger partial charge in [-0.05, 0) is 38.1 Å². The van der Waals surface area contributed by atoms with Gasteiger partial charge in [0, 0.05) is 18.8 Å². The number of aryl methyl sites for hydroxylation is 2. The SMILES string of the molecule is COc1cccc(-c2nnc(CS(=O)(=O)[C@H](C)[C@@H](O)c3cc(C)n(C)n3)n2-c2c(OC)cccc2OC)n1. The molecule has 3 heterocycles. The Morgan fingerprint density at radius 2 is 1.66 bits per heavy atom. The van der Waals surface area contributed by atoms with Crippen LogP contribution in [0, 0.1) is 6.92 Å². The molecule has 1 aromatic carbocycles. The van der Waals surface area contributed by atoms with E-state index in [2.05, 4.69) is 20.3 Å². The van der Waals surface area contributed by atoms with Crippen molar-refractivity contribution in [2.24, 2.45) is 7.05 Å². The number of aliphatic hydroxyl groups excluding tert-OH is 1. The van der Waals surface area contributed by atoms with Gasteiger partial charge in [-0.15, -0.1) is 10.2 Å². The summed E-state index contributed by atoms with van der Waals surface area (Å²) in [4.78, 5) is 4.45. The zero-order valence-corrected chi connectivity index (χ0v) is 22.8. The molecule has 0 amide bonds. The molecule has 0 aliphatic rings. The lowest BCUT2D eigenvalue weighted by Gasteiger charge is -2.20. The van der Waals surface area contributed by atoms with Crippen LogP contribution >= 0.6 is 0 Å². The third kappa shape index (κ3) is 5.07. The van der Waals surface area contributed by atoms with Gasteiger partial charge in [-0.3, -0.25) is 9.25 Å². The van der Waals surface area contributed by atoms with E-state index in [1.807, 2.05) is 6.92 Å². The minimum atomic E-state index is -3.96. The summed E-state index contributed by atoms with van der Waals surface area (Å²) in [6.45, 7) is 3.26. The van der Waals surface area contributed by atoms with E-state index in [9.17, 15) is 13.5 Å². The van der Waals surface area contributed by atoms with Crippen LogP contribution in [0.15, 0.2) is 42.5 Å². The number of aliphatic hydroxyl groups is 1. The average molecular weight is 543 g/mol. The van der Waals surface area contributed by atoms with Crippen LogP contribution in [0.4, 0.5) is 0 Å². The Kier molecular flexibility index (Phi) is 7.69. The Hall–Kier alpha value is -3.97. The van der Waals surface area contributed by atoms with Gasteiger partial charge in [0.2, 0.25) is 5.88 Å². The van der Waals surface area contributed by atoms with E-state index in [1.165, 1.54) is 28.3 Å².